The number of halogens is 4. The van der Waals surface area contributed by atoms with Crippen molar-refractivity contribution in [3.05, 3.63) is 88.1 Å². The fraction of sp³-hybridized carbons (Fsp3) is 0.0435. The van der Waals surface area contributed by atoms with Gasteiger partial charge in [0.15, 0.2) is 0 Å². The molecule has 0 aliphatic heterocycles. The summed E-state index contributed by atoms with van der Waals surface area (Å²) in [5.74, 6) is 0.872. The average molecular weight is 747 g/mol. The van der Waals surface area contributed by atoms with Gasteiger partial charge in [-0.2, -0.15) is 5.26 Å². The minimum Gasteiger partial charge on any atom is -0.487 e. The highest BCUT2D eigenvalue weighted by atomic mass is 127. The van der Waals surface area contributed by atoms with E-state index >= 15 is 0 Å². The molecule has 1 N–H and O–H groups in total. The molecule has 4 rings (SSSR count). The van der Waals surface area contributed by atoms with E-state index in [0.717, 1.165) is 24.0 Å². The molecule has 0 aliphatic rings. The third-order valence-electron chi connectivity index (χ3n) is 4.45. The molecule has 0 bridgehead atoms. The zero-order valence-corrected chi connectivity index (χ0v) is 22.3. The number of aromatic amines is 1. The van der Waals surface area contributed by atoms with Gasteiger partial charge in [0.2, 0.25) is 0 Å². The standard InChI is InChI=1S/C23H13FI3N3O/c24-16-3-6-20-21(10-16)30-23(29-20)15(11-28)7-14-8-18(26)22(19(27)9-14)31-12-13-1-4-17(25)5-2-13/h1-10H,12H2,(H,29,30)/b15-7-. The quantitative estimate of drug-likeness (QED) is 0.174. The lowest BCUT2D eigenvalue weighted by Gasteiger charge is -2.12. The van der Waals surface area contributed by atoms with Crippen LogP contribution in [0.4, 0.5) is 4.39 Å². The predicted molar refractivity (Wildman–Crippen MR) is 145 cm³/mol. The third-order valence-corrected chi connectivity index (χ3v) is 6.77. The van der Waals surface area contributed by atoms with Gasteiger partial charge in [-0.3, -0.25) is 0 Å². The van der Waals surface area contributed by atoms with Crippen LogP contribution in [0.25, 0.3) is 22.7 Å². The second-order valence-corrected chi connectivity index (χ2v) is 10.2. The highest BCUT2D eigenvalue weighted by Gasteiger charge is 2.12. The minimum absolute atomic E-state index is 0.352. The van der Waals surface area contributed by atoms with Crippen LogP contribution in [0.15, 0.2) is 54.6 Å². The Morgan fingerprint density at radius 2 is 1.77 bits per heavy atom. The summed E-state index contributed by atoms with van der Waals surface area (Å²) >= 11 is 6.76. The molecule has 4 nitrogen and oxygen atoms in total. The van der Waals surface area contributed by atoms with Crippen molar-refractivity contribution in [2.75, 3.05) is 0 Å². The van der Waals surface area contributed by atoms with Crippen LogP contribution in [-0.4, -0.2) is 9.97 Å². The van der Waals surface area contributed by atoms with Gasteiger partial charge in [-0.05, 0) is 127 Å². The SMILES string of the molecule is N#C/C(=C/c1cc(I)c(OCc2ccc(I)cc2)c(I)c1)c1nc2ccc(F)cc2[nH]1. The van der Waals surface area contributed by atoms with Crippen molar-refractivity contribution in [3.63, 3.8) is 0 Å². The summed E-state index contributed by atoms with van der Waals surface area (Å²) in [7, 11) is 0. The zero-order chi connectivity index (χ0) is 22.0. The molecule has 0 unspecified atom stereocenters. The van der Waals surface area contributed by atoms with E-state index in [-0.39, 0.29) is 5.82 Å². The molecule has 1 aromatic heterocycles. The first-order valence-electron chi connectivity index (χ1n) is 9.06. The van der Waals surface area contributed by atoms with E-state index < -0.39 is 0 Å². The van der Waals surface area contributed by atoms with Crippen LogP contribution in [0, 0.1) is 27.9 Å². The van der Waals surface area contributed by atoms with Crippen molar-refractivity contribution < 1.29 is 9.13 Å². The van der Waals surface area contributed by atoms with Gasteiger partial charge in [0.1, 0.15) is 30.1 Å². The summed E-state index contributed by atoms with van der Waals surface area (Å²) in [4.78, 5) is 7.43. The van der Waals surface area contributed by atoms with E-state index in [9.17, 15) is 9.65 Å². The summed E-state index contributed by atoms with van der Waals surface area (Å²) in [5.41, 5.74) is 3.50. The van der Waals surface area contributed by atoms with Gasteiger partial charge >= 0.3 is 0 Å². The first-order chi connectivity index (χ1) is 14.9. The molecule has 0 spiro atoms. The van der Waals surface area contributed by atoms with Crippen molar-refractivity contribution in [1.29, 1.82) is 5.26 Å². The van der Waals surface area contributed by atoms with Gasteiger partial charge in [0, 0.05) is 3.57 Å². The van der Waals surface area contributed by atoms with Gasteiger partial charge in [0.25, 0.3) is 0 Å². The van der Waals surface area contributed by atoms with E-state index in [2.05, 4.69) is 108 Å². The van der Waals surface area contributed by atoms with Crippen LogP contribution in [0.2, 0.25) is 0 Å². The predicted octanol–water partition coefficient (Wildman–Crippen LogP) is 7.16. The van der Waals surface area contributed by atoms with Gasteiger partial charge in [0.05, 0.1) is 23.7 Å². The maximum absolute atomic E-state index is 13.4. The Morgan fingerprint density at radius 1 is 1.06 bits per heavy atom. The molecule has 154 valence electrons. The molecule has 1 heterocycles. The van der Waals surface area contributed by atoms with E-state index in [1.807, 2.05) is 12.1 Å². The molecule has 3 aromatic carbocycles. The highest BCUT2D eigenvalue weighted by Crippen LogP contribution is 2.31. The highest BCUT2D eigenvalue weighted by molar-refractivity contribution is 14.1. The van der Waals surface area contributed by atoms with Crippen LogP contribution in [0.3, 0.4) is 0 Å². The van der Waals surface area contributed by atoms with Crippen molar-refractivity contribution in [2.45, 2.75) is 6.61 Å². The Hall–Kier alpha value is -1.72. The first-order valence-corrected chi connectivity index (χ1v) is 12.3. The molecule has 0 radical (unpaired) electrons. The van der Waals surface area contributed by atoms with Gasteiger partial charge < -0.3 is 9.72 Å². The topological polar surface area (TPSA) is 61.7 Å². The minimum atomic E-state index is -0.352. The average Bonchev–Trinajstić information content (AvgIpc) is 3.15. The van der Waals surface area contributed by atoms with Crippen LogP contribution in [0.5, 0.6) is 5.75 Å². The molecule has 0 fully saturated rings. The number of ether oxygens (including phenoxy) is 1. The molecular weight excluding hydrogens is 734 g/mol. The molecule has 0 atom stereocenters. The van der Waals surface area contributed by atoms with Gasteiger partial charge in [-0.15, -0.1) is 0 Å². The normalized spacial score (nSPS) is 11.5. The molecule has 31 heavy (non-hydrogen) atoms. The molecular formula is C23H13FI3N3O. The Labute approximate surface area is 219 Å². The number of nitrogens with zero attached hydrogens (tertiary/aromatic N) is 2. The molecule has 4 aromatic rings. The molecule has 8 heteroatoms. The van der Waals surface area contributed by atoms with Crippen molar-refractivity contribution in [3.8, 4) is 11.8 Å². The lowest BCUT2D eigenvalue weighted by molar-refractivity contribution is 0.301. The number of allylic oxidation sites excluding steroid dienone is 1. The number of aromatic nitrogens is 2. The van der Waals surface area contributed by atoms with Crippen molar-refractivity contribution >= 4 is 90.5 Å². The Morgan fingerprint density at radius 3 is 2.45 bits per heavy atom. The van der Waals surface area contributed by atoms with Crippen molar-refractivity contribution in [2.24, 2.45) is 0 Å². The third kappa shape index (κ3) is 5.38. The summed E-state index contributed by atoms with van der Waals surface area (Å²) < 4.78 is 22.6. The number of nitriles is 1. The summed E-state index contributed by atoms with van der Waals surface area (Å²) in [6, 6.07) is 18.6. The van der Waals surface area contributed by atoms with Crippen LogP contribution in [0.1, 0.15) is 17.0 Å². The number of H-pyrrole nitrogens is 1. The van der Waals surface area contributed by atoms with E-state index in [1.165, 1.54) is 15.7 Å². The molecule has 0 saturated carbocycles. The van der Waals surface area contributed by atoms with E-state index in [4.69, 9.17) is 4.74 Å². The number of imidazole rings is 1. The second kappa shape index (κ2) is 9.83. The summed E-state index contributed by atoms with van der Waals surface area (Å²) in [5, 5.41) is 9.66. The summed E-state index contributed by atoms with van der Waals surface area (Å²) in [6.07, 6.45) is 1.77. The maximum atomic E-state index is 13.4. The van der Waals surface area contributed by atoms with Crippen LogP contribution >= 0.6 is 67.8 Å². The number of hydrogen-bond acceptors (Lipinski definition) is 3. The number of fused-ring (bicyclic) bond motifs is 1. The zero-order valence-electron chi connectivity index (χ0n) is 15.8. The fourth-order valence-corrected chi connectivity index (χ4v) is 5.45. The number of rotatable bonds is 5. The number of benzene rings is 3. The number of hydrogen-bond donors (Lipinski definition) is 1. The fourth-order valence-electron chi connectivity index (χ4n) is 2.97. The van der Waals surface area contributed by atoms with Crippen molar-refractivity contribution in [1.82, 2.24) is 9.97 Å². The molecule has 0 saturated heterocycles. The lowest BCUT2D eigenvalue weighted by atomic mass is 10.1. The van der Waals surface area contributed by atoms with Crippen LogP contribution < -0.4 is 4.74 Å². The maximum Gasteiger partial charge on any atom is 0.149 e. The monoisotopic (exact) mass is 747 g/mol. The largest absolute Gasteiger partial charge is 0.487 e. The number of nitrogens with one attached hydrogen (secondary N) is 1. The lowest BCUT2D eigenvalue weighted by Crippen LogP contribution is -1.99. The second-order valence-electron chi connectivity index (χ2n) is 6.65. The smallest absolute Gasteiger partial charge is 0.149 e. The Balaban J connectivity index is 1.60. The summed E-state index contributed by atoms with van der Waals surface area (Å²) in [6.45, 7) is 0.483. The Kier molecular flexibility index (Phi) is 7.12. The van der Waals surface area contributed by atoms with Gasteiger partial charge in [-0.1, -0.05) is 12.1 Å². The van der Waals surface area contributed by atoms with E-state index in [1.54, 1.807) is 12.1 Å². The Bertz CT molecular complexity index is 1320. The van der Waals surface area contributed by atoms with E-state index in [0.29, 0.717) is 29.0 Å². The van der Waals surface area contributed by atoms with Crippen LogP contribution in [-0.2, 0) is 6.61 Å². The first kappa shape index (κ1) is 22.5. The molecule has 0 aliphatic carbocycles. The van der Waals surface area contributed by atoms with Gasteiger partial charge in [-0.25, -0.2) is 9.37 Å². The molecule has 0 amide bonds.